The van der Waals surface area contributed by atoms with Crippen LogP contribution < -0.4 is 0 Å². The van der Waals surface area contributed by atoms with Crippen molar-refractivity contribution in [3.05, 3.63) is 40.6 Å². The van der Waals surface area contributed by atoms with E-state index >= 15 is 0 Å². The topological polar surface area (TPSA) is 70.1 Å². The smallest absolute Gasteiger partial charge is 0.277 e. The van der Waals surface area contributed by atoms with Crippen LogP contribution in [0.1, 0.15) is 36.0 Å². The van der Waals surface area contributed by atoms with E-state index < -0.39 is 0 Å². The van der Waals surface area contributed by atoms with Gasteiger partial charge in [0.1, 0.15) is 5.70 Å². The molecule has 0 aliphatic carbocycles. The zero-order valence-corrected chi connectivity index (χ0v) is 17.0. The van der Waals surface area contributed by atoms with Crippen LogP contribution in [0.25, 0.3) is 5.57 Å². The molecule has 2 heterocycles. The molecular weight excluding hydrogens is 356 g/mol. The third-order valence-corrected chi connectivity index (χ3v) is 5.62. The van der Waals surface area contributed by atoms with Gasteiger partial charge in [0, 0.05) is 40.0 Å². The second-order valence-corrected chi connectivity index (χ2v) is 7.79. The Bertz CT molecular complexity index is 787. The molecule has 152 valence electrons. The van der Waals surface area contributed by atoms with Crippen LogP contribution in [0.2, 0.25) is 0 Å². The Morgan fingerprint density at radius 1 is 1.21 bits per heavy atom. The molecule has 1 saturated heterocycles. The summed E-state index contributed by atoms with van der Waals surface area (Å²) in [6.07, 6.45) is 2.46. The van der Waals surface area contributed by atoms with E-state index in [1.807, 2.05) is 36.9 Å². The van der Waals surface area contributed by atoms with Crippen molar-refractivity contribution >= 4 is 17.4 Å². The summed E-state index contributed by atoms with van der Waals surface area (Å²) in [5, 5.41) is 9.60. The molecular formula is C22H30N2O4. The molecule has 0 aromatic heterocycles. The van der Waals surface area contributed by atoms with E-state index in [1.165, 1.54) is 4.90 Å². The number of rotatable bonds is 7. The van der Waals surface area contributed by atoms with E-state index in [1.54, 1.807) is 7.11 Å². The third kappa shape index (κ3) is 3.98. The fraction of sp³-hybridized carbons (Fsp3) is 0.545. The number of amides is 2. The van der Waals surface area contributed by atoms with Gasteiger partial charge in [0.05, 0.1) is 5.57 Å². The Hall–Kier alpha value is -2.18. The average molecular weight is 386 g/mol. The van der Waals surface area contributed by atoms with Crippen molar-refractivity contribution in [2.75, 3.05) is 40.0 Å². The minimum absolute atomic E-state index is 0.0996. The van der Waals surface area contributed by atoms with Crippen LogP contribution in [0.3, 0.4) is 0 Å². The number of ether oxygens (including phenoxy) is 1. The number of nitrogens with zero attached hydrogens (tertiary/aromatic N) is 2. The summed E-state index contributed by atoms with van der Waals surface area (Å²) in [5.74, 6) is -0.323. The zero-order valence-electron chi connectivity index (χ0n) is 17.0. The lowest BCUT2D eigenvalue weighted by Gasteiger charge is -2.34. The van der Waals surface area contributed by atoms with Gasteiger partial charge in [-0.05, 0) is 50.2 Å². The van der Waals surface area contributed by atoms with Crippen molar-refractivity contribution in [2.24, 2.45) is 5.92 Å². The van der Waals surface area contributed by atoms with Crippen LogP contribution in [0.5, 0.6) is 0 Å². The van der Waals surface area contributed by atoms with Gasteiger partial charge in [0.2, 0.25) is 0 Å². The Morgan fingerprint density at radius 3 is 2.68 bits per heavy atom. The lowest BCUT2D eigenvalue weighted by Crippen LogP contribution is -2.40. The molecule has 6 nitrogen and oxygen atoms in total. The summed E-state index contributed by atoms with van der Waals surface area (Å²) in [5.41, 5.74) is 3.92. The summed E-state index contributed by atoms with van der Waals surface area (Å²) in [6.45, 7) is 6.27. The molecule has 0 spiro atoms. The number of piperidine rings is 1. The fourth-order valence-electron chi connectivity index (χ4n) is 4.18. The Kier molecular flexibility index (Phi) is 6.52. The first kappa shape index (κ1) is 20.6. The molecule has 1 fully saturated rings. The van der Waals surface area contributed by atoms with Gasteiger partial charge in [0.25, 0.3) is 11.8 Å². The van der Waals surface area contributed by atoms with Crippen molar-refractivity contribution in [3.63, 3.8) is 0 Å². The lowest BCUT2D eigenvalue weighted by atomic mass is 9.95. The quantitative estimate of drug-likeness (QED) is 0.574. The Balaban J connectivity index is 2.02. The highest BCUT2D eigenvalue weighted by Crippen LogP contribution is 2.35. The maximum atomic E-state index is 13.3. The number of aryl methyl sites for hydroxylation is 2. The van der Waals surface area contributed by atoms with Crippen LogP contribution in [0, 0.1) is 19.8 Å². The van der Waals surface area contributed by atoms with E-state index in [9.17, 15) is 14.7 Å². The summed E-state index contributed by atoms with van der Waals surface area (Å²) in [7, 11) is 1.61. The van der Waals surface area contributed by atoms with Crippen molar-refractivity contribution < 1.29 is 19.4 Å². The van der Waals surface area contributed by atoms with E-state index in [0.717, 1.165) is 36.1 Å². The summed E-state index contributed by atoms with van der Waals surface area (Å²) >= 11 is 0. The fourth-order valence-corrected chi connectivity index (χ4v) is 4.18. The number of carbonyl (C=O) groups excluding carboxylic acids is 2. The van der Waals surface area contributed by atoms with Gasteiger partial charge >= 0.3 is 0 Å². The second kappa shape index (κ2) is 8.88. The van der Waals surface area contributed by atoms with Crippen LogP contribution in [-0.2, 0) is 14.3 Å². The highest BCUT2D eigenvalue weighted by Gasteiger charge is 2.42. The number of methoxy groups -OCH3 is 1. The Morgan fingerprint density at radius 2 is 2.00 bits per heavy atom. The molecule has 0 saturated carbocycles. The average Bonchev–Trinajstić information content (AvgIpc) is 2.93. The van der Waals surface area contributed by atoms with Gasteiger partial charge in [-0.1, -0.05) is 23.8 Å². The molecule has 6 heteroatoms. The van der Waals surface area contributed by atoms with Crippen molar-refractivity contribution in [1.82, 2.24) is 9.80 Å². The second-order valence-electron chi connectivity index (χ2n) is 7.79. The molecule has 0 bridgehead atoms. The van der Waals surface area contributed by atoms with Gasteiger partial charge in [-0.3, -0.25) is 14.5 Å². The molecule has 3 rings (SSSR count). The number of benzene rings is 1. The van der Waals surface area contributed by atoms with Crippen LogP contribution in [0.15, 0.2) is 23.9 Å². The summed E-state index contributed by atoms with van der Waals surface area (Å²) in [4.78, 5) is 29.9. The molecule has 1 aromatic carbocycles. The van der Waals surface area contributed by atoms with Gasteiger partial charge in [0.15, 0.2) is 0 Å². The highest BCUT2D eigenvalue weighted by atomic mass is 16.5. The van der Waals surface area contributed by atoms with Gasteiger partial charge in [-0.2, -0.15) is 0 Å². The first-order valence-corrected chi connectivity index (χ1v) is 10.0. The molecule has 1 atom stereocenters. The zero-order chi connectivity index (χ0) is 20.3. The standard InChI is InChI=1S/C22H30N2O4/c1-15-7-8-18(16(2)12-15)19-20(23-9-4-6-17(13-23)14-25)22(27)24(21(19)26)10-5-11-28-3/h7-8,12,17,25H,4-6,9-11,13-14H2,1-3H3. The first-order chi connectivity index (χ1) is 13.5. The van der Waals surface area contributed by atoms with E-state index in [-0.39, 0.29) is 24.3 Å². The molecule has 2 aliphatic rings. The molecule has 2 amide bonds. The maximum absolute atomic E-state index is 13.3. The minimum atomic E-state index is -0.228. The number of aliphatic hydroxyl groups is 1. The number of hydrogen-bond donors (Lipinski definition) is 1. The normalized spacial score (nSPS) is 20.5. The summed E-state index contributed by atoms with van der Waals surface area (Å²) < 4.78 is 5.09. The Labute approximate surface area is 166 Å². The maximum Gasteiger partial charge on any atom is 0.277 e. The van der Waals surface area contributed by atoms with E-state index in [0.29, 0.717) is 37.4 Å². The van der Waals surface area contributed by atoms with Crippen LogP contribution in [0.4, 0.5) is 0 Å². The van der Waals surface area contributed by atoms with Gasteiger partial charge in [-0.25, -0.2) is 0 Å². The molecule has 28 heavy (non-hydrogen) atoms. The highest BCUT2D eigenvalue weighted by molar-refractivity contribution is 6.35. The number of aliphatic hydroxyl groups excluding tert-OH is 1. The summed E-state index contributed by atoms with van der Waals surface area (Å²) in [6, 6.07) is 5.96. The van der Waals surface area contributed by atoms with Crippen molar-refractivity contribution in [3.8, 4) is 0 Å². The minimum Gasteiger partial charge on any atom is -0.396 e. The SMILES string of the molecule is COCCCN1C(=O)C(c2ccc(C)cc2C)=C(N2CCCC(CO)C2)C1=O. The predicted molar refractivity (Wildman–Crippen MR) is 107 cm³/mol. The van der Waals surface area contributed by atoms with Crippen molar-refractivity contribution in [1.29, 1.82) is 0 Å². The number of imide groups is 1. The van der Waals surface area contributed by atoms with Gasteiger partial charge in [-0.15, -0.1) is 0 Å². The molecule has 2 aliphatic heterocycles. The van der Waals surface area contributed by atoms with Crippen LogP contribution >= 0.6 is 0 Å². The lowest BCUT2D eigenvalue weighted by molar-refractivity contribution is -0.137. The first-order valence-electron chi connectivity index (χ1n) is 10.0. The van der Waals surface area contributed by atoms with E-state index in [4.69, 9.17) is 4.74 Å². The van der Waals surface area contributed by atoms with Crippen LogP contribution in [-0.4, -0.2) is 66.7 Å². The largest absolute Gasteiger partial charge is 0.396 e. The molecule has 1 unspecified atom stereocenters. The van der Waals surface area contributed by atoms with Crippen molar-refractivity contribution in [2.45, 2.75) is 33.1 Å². The predicted octanol–water partition coefficient (Wildman–Crippen LogP) is 2.12. The third-order valence-electron chi connectivity index (χ3n) is 5.62. The molecule has 0 radical (unpaired) electrons. The number of likely N-dealkylation sites (tertiary alicyclic amines) is 1. The molecule has 1 N–H and O–H groups in total. The molecule has 1 aromatic rings. The monoisotopic (exact) mass is 386 g/mol. The number of carbonyl (C=O) groups is 2. The van der Waals surface area contributed by atoms with Gasteiger partial charge < -0.3 is 14.7 Å². The number of hydrogen-bond acceptors (Lipinski definition) is 5. The van der Waals surface area contributed by atoms with E-state index in [2.05, 4.69) is 0 Å².